The van der Waals surface area contributed by atoms with Gasteiger partial charge in [0.1, 0.15) is 28.9 Å². The number of fused-ring (bicyclic) bond motifs is 6. The topological polar surface area (TPSA) is 57.8 Å². The maximum Gasteiger partial charge on any atom is 0.150 e. The first-order valence-corrected chi connectivity index (χ1v) is 33.2. The zero-order chi connectivity index (χ0) is 67.4. The Hall–Kier alpha value is -7.58. The number of phenols is 1. The maximum atomic E-state index is 16.1. The zero-order valence-electron chi connectivity index (χ0n) is 59.6. The molecule has 0 fully saturated rings. The standard InChI is InChI=1S/C84H102F2N2O4/c1-77(2,3)49-83(19,20)55-43-65(75(89)71(45-55)87-67-31-25-51(79(7,8)9)39-59(67)60-40-52(80(10,11)12)26-32-68(60)87)63-47-57(85)29-35-73(63)91-37-24-38-92-74-36-30-58(86)48-64(74)66-44-56(84(21,22)50-78(4,5)6)46-72(76(66)90-23)88-69-33-27-53(81(13,14)15)41-61(69)62-42-54(82(16,17)18)28-34-70(62)88/h25-36,39-48,89H,24,37-38,49-50H2,1-23H3. The molecule has 0 amide bonds. The van der Waals surface area contributed by atoms with E-state index in [1.165, 1.54) is 40.5 Å². The fraction of sp³-hybridized carbons (Fsp3) is 0.429. The number of hydrogen-bond acceptors (Lipinski definition) is 4. The Labute approximate surface area is 548 Å². The molecule has 0 saturated carbocycles. The van der Waals surface area contributed by atoms with E-state index in [-0.39, 0.29) is 62.3 Å². The third-order valence-corrected chi connectivity index (χ3v) is 18.6. The molecule has 10 aromatic rings. The molecule has 0 aliphatic carbocycles. The van der Waals surface area contributed by atoms with Crippen LogP contribution >= 0.6 is 0 Å². The number of ether oxygens (including phenoxy) is 3. The fourth-order valence-corrected chi connectivity index (χ4v) is 14.4. The summed E-state index contributed by atoms with van der Waals surface area (Å²) in [6.45, 7) is 50.0. The van der Waals surface area contributed by atoms with Crippen LogP contribution in [-0.2, 0) is 32.5 Å². The molecular formula is C84H102F2N2O4. The molecular weight excluding hydrogens is 1140 g/mol. The molecule has 0 saturated heterocycles. The second kappa shape index (κ2) is 23.8. The van der Waals surface area contributed by atoms with Crippen molar-refractivity contribution in [3.8, 4) is 56.6 Å². The second-order valence-corrected chi connectivity index (χ2v) is 34.1. The summed E-state index contributed by atoms with van der Waals surface area (Å²) in [4.78, 5) is 0. The highest BCUT2D eigenvalue weighted by Crippen LogP contribution is 2.51. The van der Waals surface area contributed by atoms with Crippen LogP contribution in [0.4, 0.5) is 8.78 Å². The van der Waals surface area contributed by atoms with Crippen molar-refractivity contribution in [2.75, 3.05) is 20.3 Å². The molecule has 2 heterocycles. The van der Waals surface area contributed by atoms with Crippen molar-refractivity contribution in [1.29, 1.82) is 0 Å². The lowest BCUT2D eigenvalue weighted by Crippen LogP contribution is -2.25. The molecule has 8 aromatic carbocycles. The molecule has 10 rings (SSSR count). The number of hydrogen-bond donors (Lipinski definition) is 1. The predicted octanol–water partition coefficient (Wildman–Crippen LogP) is 23.7. The van der Waals surface area contributed by atoms with Gasteiger partial charge in [-0.1, -0.05) is 177 Å². The van der Waals surface area contributed by atoms with E-state index in [4.69, 9.17) is 14.2 Å². The molecule has 2 aromatic heterocycles. The Morgan fingerprint density at radius 1 is 0.359 bits per heavy atom. The van der Waals surface area contributed by atoms with E-state index in [9.17, 15) is 5.11 Å². The van der Waals surface area contributed by atoms with Gasteiger partial charge in [-0.2, -0.15) is 0 Å². The van der Waals surface area contributed by atoms with Crippen molar-refractivity contribution in [2.45, 2.75) is 204 Å². The highest BCUT2D eigenvalue weighted by atomic mass is 19.1. The number of methoxy groups -OCH3 is 1. The molecule has 1 N–H and O–H groups in total. The first-order valence-electron chi connectivity index (χ1n) is 33.2. The number of phenolic OH excluding ortho intramolecular Hbond substituents is 1. The largest absolute Gasteiger partial charge is 0.505 e. The number of halogens is 2. The van der Waals surface area contributed by atoms with Crippen molar-refractivity contribution in [3.05, 3.63) is 178 Å². The van der Waals surface area contributed by atoms with Gasteiger partial charge < -0.3 is 28.5 Å². The maximum absolute atomic E-state index is 16.1. The zero-order valence-corrected chi connectivity index (χ0v) is 59.6. The van der Waals surface area contributed by atoms with Gasteiger partial charge in [-0.3, -0.25) is 0 Å². The Morgan fingerprint density at radius 2 is 0.685 bits per heavy atom. The summed E-state index contributed by atoms with van der Waals surface area (Å²) in [5.41, 5.74) is 13.6. The van der Waals surface area contributed by atoms with Gasteiger partial charge in [-0.25, -0.2) is 8.78 Å². The summed E-state index contributed by atoms with van der Waals surface area (Å²) in [6, 6.07) is 44.9. The summed E-state index contributed by atoms with van der Waals surface area (Å²) >= 11 is 0. The van der Waals surface area contributed by atoms with E-state index in [0.29, 0.717) is 51.6 Å². The molecule has 0 unspecified atom stereocenters. The summed E-state index contributed by atoms with van der Waals surface area (Å²) in [5, 5.41) is 17.6. The van der Waals surface area contributed by atoms with E-state index in [1.54, 1.807) is 25.3 Å². The van der Waals surface area contributed by atoms with Crippen LogP contribution in [0.15, 0.2) is 133 Å². The average Bonchev–Trinajstić information content (AvgIpc) is 1.54. The summed E-state index contributed by atoms with van der Waals surface area (Å²) in [5.74, 6) is 0.692. The molecule has 0 bridgehead atoms. The first-order chi connectivity index (χ1) is 42.5. The lowest BCUT2D eigenvalue weighted by molar-refractivity contribution is 0.248. The smallest absolute Gasteiger partial charge is 0.150 e. The van der Waals surface area contributed by atoms with Crippen LogP contribution < -0.4 is 14.2 Å². The second-order valence-electron chi connectivity index (χ2n) is 34.1. The molecule has 92 heavy (non-hydrogen) atoms. The Kier molecular flexibility index (Phi) is 17.4. The monoisotopic (exact) mass is 1240 g/mol. The number of aromatic nitrogens is 2. The molecule has 6 nitrogen and oxygen atoms in total. The minimum Gasteiger partial charge on any atom is -0.505 e. The number of nitrogens with zero attached hydrogens (tertiary/aromatic N) is 2. The molecule has 486 valence electrons. The van der Waals surface area contributed by atoms with Crippen molar-refractivity contribution < 1.29 is 28.1 Å². The summed E-state index contributed by atoms with van der Waals surface area (Å²) in [7, 11) is 1.70. The van der Waals surface area contributed by atoms with Crippen LogP contribution in [-0.4, -0.2) is 34.6 Å². The van der Waals surface area contributed by atoms with E-state index in [1.807, 2.05) is 6.07 Å². The molecule has 0 spiro atoms. The molecule has 0 atom stereocenters. The van der Waals surface area contributed by atoms with Gasteiger partial charge >= 0.3 is 0 Å². The Balaban J connectivity index is 1.05. The molecule has 0 aliphatic heterocycles. The number of rotatable bonds is 15. The van der Waals surface area contributed by atoms with Gasteiger partial charge in [0.05, 0.1) is 53.8 Å². The van der Waals surface area contributed by atoms with E-state index >= 15 is 8.78 Å². The number of benzene rings is 8. The van der Waals surface area contributed by atoms with Crippen LogP contribution in [0.25, 0.3) is 77.2 Å². The van der Waals surface area contributed by atoms with Gasteiger partial charge in [0.2, 0.25) is 0 Å². The van der Waals surface area contributed by atoms with Crippen molar-refractivity contribution >= 4 is 43.6 Å². The lowest BCUT2D eigenvalue weighted by atomic mass is 9.71. The third kappa shape index (κ3) is 13.6. The SMILES string of the molecule is COc1c(-c2cc(F)ccc2OCCCOc2ccc(F)cc2-c2cc(C(C)(C)CC(C)(C)C)cc(-n3c4ccc(C(C)(C)C)cc4c4cc(C(C)(C)C)ccc43)c2O)cc(C(C)(C)CC(C)(C)C)cc1-n1c2ccc(C(C)(C)C)cc2c2cc(C(C)(C)C)ccc21. The van der Waals surface area contributed by atoms with E-state index in [0.717, 1.165) is 73.3 Å². The quantitative estimate of drug-likeness (QED) is 0.104. The molecule has 8 heteroatoms. The van der Waals surface area contributed by atoms with Crippen LogP contribution in [0.1, 0.15) is 205 Å². The summed E-state index contributed by atoms with van der Waals surface area (Å²) < 4.78 is 56.7. The lowest BCUT2D eigenvalue weighted by Gasteiger charge is -2.34. The number of aromatic hydroxyl groups is 1. The van der Waals surface area contributed by atoms with Crippen LogP contribution in [0.3, 0.4) is 0 Å². The van der Waals surface area contributed by atoms with Crippen molar-refractivity contribution in [2.24, 2.45) is 10.8 Å². The first kappa shape index (κ1) is 67.3. The minimum absolute atomic E-state index is 0.00891. The Morgan fingerprint density at radius 3 is 1.02 bits per heavy atom. The van der Waals surface area contributed by atoms with Crippen LogP contribution in [0, 0.1) is 22.5 Å². The highest BCUT2D eigenvalue weighted by molar-refractivity contribution is 6.11. The van der Waals surface area contributed by atoms with Crippen molar-refractivity contribution in [1.82, 2.24) is 9.13 Å². The van der Waals surface area contributed by atoms with Crippen LogP contribution in [0.2, 0.25) is 0 Å². The van der Waals surface area contributed by atoms with E-state index < -0.39 is 11.6 Å². The van der Waals surface area contributed by atoms with Gasteiger partial charge in [0.25, 0.3) is 0 Å². The van der Waals surface area contributed by atoms with Gasteiger partial charge in [0.15, 0.2) is 5.75 Å². The van der Waals surface area contributed by atoms with Crippen molar-refractivity contribution in [3.63, 3.8) is 0 Å². The van der Waals surface area contributed by atoms with Gasteiger partial charge in [0, 0.05) is 50.2 Å². The van der Waals surface area contributed by atoms with Gasteiger partial charge in [-0.15, -0.1) is 0 Å². The Bertz CT molecular complexity index is 4310. The minimum atomic E-state index is -0.451. The summed E-state index contributed by atoms with van der Waals surface area (Å²) in [6.07, 6.45) is 2.15. The molecule has 0 radical (unpaired) electrons. The predicted molar refractivity (Wildman–Crippen MR) is 385 cm³/mol. The highest BCUT2D eigenvalue weighted by Gasteiger charge is 2.34. The van der Waals surface area contributed by atoms with Gasteiger partial charge in [-0.05, 0) is 199 Å². The third-order valence-electron chi connectivity index (χ3n) is 18.6. The molecule has 0 aliphatic rings. The van der Waals surface area contributed by atoms with Crippen LogP contribution in [0.5, 0.6) is 23.0 Å². The fourth-order valence-electron chi connectivity index (χ4n) is 14.4. The average molecular weight is 1240 g/mol. The van der Waals surface area contributed by atoms with E-state index in [2.05, 4.69) is 252 Å². The normalized spacial score (nSPS) is 13.3.